The number of fused-ring (bicyclic) bond motifs is 1. The Morgan fingerprint density at radius 1 is 1.04 bits per heavy atom. The lowest BCUT2D eigenvalue weighted by Crippen LogP contribution is -2.31. The van der Waals surface area contributed by atoms with Gasteiger partial charge in [-0.05, 0) is 55.7 Å². The molecule has 1 heterocycles. The molecule has 1 aliphatic heterocycles. The number of aryl methyl sites for hydroxylation is 2. The van der Waals surface area contributed by atoms with Crippen molar-refractivity contribution in [3.63, 3.8) is 0 Å². The summed E-state index contributed by atoms with van der Waals surface area (Å²) in [5.74, 6) is -0.910. The summed E-state index contributed by atoms with van der Waals surface area (Å²) in [5.41, 5.74) is 3.85. The van der Waals surface area contributed by atoms with Crippen molar-refractivity contribution in [3.05, 3.63) is 64.2 Å². The zero-order valence-electron chi connectivity index (χ0n) is 16.6. The van der Waals surface area contributed by atoms with Crippen LogP contribution in [0.3, 0.4) is 0 Å². The summed E-state index contributed by atoms with van der Waals surface area (Å²) in [7, 11) is 3.29. The number of amides is 3. The lowest BCUT2D eigenvalue weighted by atomic mass is 10.0. The number of benzene rings is 2. The molecule has 28 heavy (non-hydrogen) atoms. The minimum Gasteiger partial charge on any atom is -0.385 e. The second-order valence-corrected chi connectivity index (χ2v) is 7.02. The zero-order chi connectivity index (χ0) is 20.4. The number of nitrogens with zero attached hydrogens (tertiary/aromatic N) is 2. The van der Waals surface area contributed by atoms with Gasteiger partial charge in [-0.2, -0.15) is 0 Å². The Morgan fingerprint density at radius 2 is 1.75 bits per heavy atom. The van der Waals surface area contributed by atoms with Crippen molar-refractivity contribution in [1.82, 2.24) is 4.90 Å². The second kappa shape index (κ2) is 7.94. The number of ether oxygens (including phenoxy) is 1. The molecule has 0 unspecified atom stereocenters. The molecule has 0 atom stereocenters. The Labute approximate surface area is 164 Å². The van der Waals surface area contributed by atoms with E-state index >= 15 is 0 Å². The van der Waals surface area contributed by atoms with Crippen molar-refractivity contribution in [2.75, 3.05) is 32.2 Å². The Hall–Kier alpha value is -2.99. The molecule has 2 aromatic carbocycles. The zero-order valence-corrected chi connectivity index (χ0v) is 16.6. The van der Waals surface area contributed by atoms with Gasteiger partial charge in [0.2, 0.25) is 0 Å². The van der Waals surface area contributed by atoms with Gasteiger partial charge in [0.05, 0.1) is 11.1 Å². The molecule has 0 radical (unpaired) electrons. The summed E-state index contributed by atoms with van der Waals surface area (Å²) < 4.78 is 4.99. The number of anilines is 1. The van der Waals surface area contributed by atoms with E-state index in [1.165, 1.54) is 11.0 Å². The predicted molar refractivity (Wildman–Crippen MR) is 107 cm³/mol. The summed E-state index contributed by atoms with van der Waals surface area (Å²) >= 11 is 0. The number of hydrogen-bond donors (Lipinski definition) is 0. The maximum absolute atomic E-state index is 13.0. The highest BCUT2D eigenvalue weighted by molar-refractivity contribution is 6.22. The van der Waals surface area contributed by atoms with Gasteiger partial charge in [0, 0.05) is 38.6 Å². The molecule has 0 spiro atoms. The van der Waals surface area contributed by atoms with Gasteiger partial charge in [0.15, 0.2) is 0 Å². The first-order valence-corrected chi connectivity index (χ1v) is 9.19. The lowest BCUT2D eigenvalue weighted by molar-refractivity contribution is 0.0638. The SMILES string of the molecule is COCCCN1C(=O)c2ccc(C(=O)N(C)c3cc(C)ccc3C)cc2C1=O. The minimum atomic E-state index is -0.361. The number of hydrogen-bond acceptors (Lipinski definition) is 4. The maximum atomic E-state index is 13.0. The fourth-order valence-corrected chi connectivity index (χ4v) is 3.38. The summed E-state index contributed by atoms with van der Waals surface area (Å²) in [5, 5.41) is 0. The highest BCUT2D eigenvalue weighted by Gasteiger charge is 2.35. The van der Waals surface area contributed by atoms with Gasteiger partial charge in [-0.1, -0.05) is 12.1 Å². The maximum Gasteiger partial charge on any atom is 0.261 e. The normalized spacial score (nSPS) is 13.1. The molecule has 6 heteroatoms. The summed E-state index contributed by atoms with van der Waals surface area (Å²) in [4.78, 5) is 40.9. The Balaban J connectivity index is 1.87. The first kappa shape index (κ1) is 19.8. The second-order valence-electron chi connectivity index (χ2n) is 7.02. The molecule has 6 nitrogen and oxygen atoms in total. The van der Waals surface area contributed by atoms with Crippen molar-refractivity contribution < 1.29 is 19.1 Å². The molecule has 0 aromatic heterocycles. The van der Waals surface area contributed by atoms with Crippen LogP contribution in [-0.2, 0) is 4.74 Å². The van der Waals surface area contributed by atoms with Crippen molar-refractivity contribution in [2.45, 2.75) is 20.3 Å². The van der Waals surface area contributed by atoms with E-state index in [1.54, 1.807) is 31.2 Å². The highest BCUT2D eigenvalue weighted by Crippen LogP contribution is 2.26. The number of rotatable bonds is 6. The molecule has 3 amide bonds. The van der Waals surface area contributed by atoms with Crippen LogP contribution in [0.2, 0.25) is 0 Å². The van der Waals surface area contributed by atoms with Crippen LogP contribution in [0.4, 0.5) is 5.69 Å². The van der Waals surface area contributed by atoms with E-state index in [4.69, 9.17) is 4.74 Å². The van der Waals surface area contributed by atoms with Crippen LogP contribution in [0.25, 0.3) is 0 Å². The third kappa shape index (κ3) is 3.55. The van der Waals surface area contributed by atoms with E-state index in [2.05, 4.69) is 0 Å². The third-order valence-corrected chi connectivity index (χ3v) is 4.98. The first-order valence-electron chi connectivity index (χ1n) is 9.19. The van der Waals surface area contributed by atoms with Gasteiger partial charge in [0.1, 0.15) is 0 Å². The van der Waals surface area contributed by atoms with Gasteiger partial charge in [-0.3, -0.25) is 19.3 Å². The van der Waals surface area contributed by atoms with Gasteiger partial charge in [0.25, 0.3) is 17.7 Å². The van der Waals surface area contributed by atoms with Crippen LogP contribution in [-0.4, -0.2) is 49.9 Å². The average molecular weight is 380 g/mol. The van der Waals surface area contributed by atoms with Crippen molar-refractivity contribution >= 4 is 23.4 Å². The van der Waals surface area contributed by atoms with E-state index in [1.807, 2.05) is 32.0 Å². The summed E-state index contributed by atoms with van der Waals surface area (Å²) in [6.07, 6.45) is 0.573. The average Bonchev–Trinajstić information content (AvgIpc) is 2.93. The topological polar surface area (TPSA) is 66.9 Å². The van der Waals surface area contributed by atoms with Crippen LogP contribution in [0, 0.1) is 13.8 Å². The van der Waals surface area contributed by atoms with Crippen LogP contribution in [0.5, 0.6) is 0 Å². The number of carbonyl (C=O) groups excluding carboxylic acids is 3. The van der Waals surface area contributed by atoms with E-state index in [9.17, 15) is 14.4 Å². The van der Waals surface area contributed by atoms with Crippen LogP contribution in [0.15, 0.2) is 36.4 Å². The van der Waals surface area contributed by atoms with Gasteiger partial charge >= 0.3 is 0 Å². The van der Waals surface area contributed by atoms with Crippen molar-refractivity contribution in [1.29, 1.82) is 0 Å². The van der Waals surface area contributed by atoms with Crippen molar-refractivity contribution in [3.8, 4) is 0 Å². The molecular formula is C22H24N2O4. The molecule has 0 bridgehead atoms. The molecule has 2 aromatic rings. The minimum absolute atomic E-state index is 0.227. The third-order valence-electron chi connectivity index (χ3n) is 4.98. The van der Waals surface area contributed by atoms with Gasteiger partial charge < -0.3 is 9.64 Å². The Bertz CT molecular complexity index is 952. The molecule has 146 valence electrons. The van der Waals surface area contributed by atoms with E-state index in [-0.39, 0.29) is 23.3 Å². The number of methoxy groups -OCH3 is 1. The van der Waals surface area contributed by atoms with E-state index < -0.39 is 0 Å². The quantitative estimate of drug-likeness (QED) is 0.570. The molecule has 0 saturated carbocycles. The van der Waals surface area contributed by atoms with Crippen LogP contribution in [0.1, 0.15) is 48.6 Å². The fourth-order valence-electron chi connectivity index (χ4n) is 3.38. The monoisotopic (exact) mass is 380 g/mol. The lowest BCUT2D eigenvalue weighted by Gasteiger charge is -2.20. The molecule has 3 rings (SSSR count). The fraction of sp³-hybridized carbons (Fsp3) is 0.318. The standard InChI is InChI=1S/C22H24N2O4/c1-14-6-7-15(2)19(12-14)23(3)20(25)16-8-9-17-18(13-16)22(27)24(21(17)26)10-5-11-28-4/h6-9,12-13H,5,10-11H2,1-4H3. The van der Waals surface area contributed by atoms with Crippen molar-refractivity contribution in [2.24, 2.45) is 0 Å². The Morgan fingerprint density at radius 3 is 2.46 bits per heavy atom. The van der Waals surface area contributed by atoms with Gasteiger partial charge in [-0.15, -0.1) is 0 Å². The smallest absolute Gasteiger partial charge is 0.261 e. The summed E-state index contributed by atoms with van der Waals surface area (Å²) in [6, 6.07) is 10.6. The van der Waals surface area contributed by atoms with E-state index in [0.717, 1.165) is 16.8 Å². The molecule has 0 N–H and O–H groups in total. The largest absolute Gasteiger partial charge is 0.385 e. The molecule has 0 aliphatic carbocycles. The number of imide groups is 1. The van der Waals surface area contributed by atoms with Crippen LogP contribution < -0.4 is 4.90 Å². The van der Waals surface area contributed by atoms with Gasteiger partial charge in [-0.25, -0.2) is 0 Å². The number of carbonyl (C=O) groups is 3. The predicted octanol–water partition coefficient (Wildman–Crippen LogP) is 3.21. The first-order chi connectivity index (χ1) is 13.3. The van der Waals surface area contributed by atoms with E-state index in [0.29, 0.717) is 30.7 Å². The molecule has 1 aliphatic rings. The molecule has 0 saturated heterocycles. The molecular weight excluding hydrogens is 356 g/mol. The highest BCUT2D eigenvalue weighted by atomic mass is 16.5. The Kier molecular flexibility index (Phi) is 5.61. The molecule has 0 fully saturated rings. The summed E-state index contributed by atoms with van der Waals surface area (Å²) in [6.45, 7) is 4.68. The van der Waals surface area contributed by atoms with Crippen LogP contribution >= 0.6 is 0 Å².